The van der Waals surface area contributed by atoms with Crippen LogP contribution in [-0.4, -0.2) is 39.2 Å². The van der Waals surface area contributed by atoms with E-state index in [0.717, 1.165) is 5.69 Å². The molecule has 1 unspecified atom stereocenters. The smallest absolute Gasteiger partial charge is 0.311 e. The van der Waals surface area contributed by atoms with E-state index in [0.29, 0.717) is 17.0 Å². The molecule has 0 saturated carbocycles. The lowest BCUT2D eigenvalue weighted by Crippen LogP contribution is -2.30. The molecule has 2 aromatic rings. The van der Waals surface area contributed by atoms with E-state index < -0.39 is 12.1 Å². The molecule has 138 valence electrons. The summed E-state index contributed by atoms with van der Waals surface area (Å²) in [6, 6.07) is 14.6. The Bertz CT molecular complexity index is 757. The summed E-state index contributed by atoms with van der Waals surface area (Å²) in [6.45, 7) is 1.55. The Hall–Kier alpha value is -3.02. The van der Waals surface area contributed by atoms with Gasteiger partial charge in [-0.25, -0.2) is 0 Å². The van der Waals surface area contributed by atoms with Crippen molar-refractivity contribution < 1.29 is 19.1 Å². The molecule has 2 rings (SSSR count). The standard InChI is InChI=1S/C20H24N2O4/c1-14(20(24)21-16-9-11-17(12-10-16)22(2)3)26-19(23)13-15-7-5-6-8-18(15)25-4/h5-12,14H,13H2,1-4H3,(H,21,24). The number of anilines is 2. The van der Waals surface area contributed by atoms with E-state index in [1.54, 1.807) is 38.3 Å². The van der Waals surface area contributed by atoms with Crippen LogP contribution in [0.3, 0.4) is 0 Å². The minimum atomic E-state index is -0.897. The molecule has 2 aromatic carbocycles. The van der Waals surface area contributed by atoms with Gasteiger partial charge in [-0.2, -0.15) is 0 Å². The van der Waals surface area contributed by atoms with Crippen LogP contribution in [0.2, 0.25) is 0 Å². The number of nitrogens with one attached hydrogen (secondary N) is 1. The van der Waals surface area contributed by atoms with E-state index in [1.807, 2.05) is 43.3 Å². The number of ether oxygens (including phenoxy) is 2. The fourth-order valence-corrected chi connectivity index (χ4v) is 2.38. The zero-order valence-corrected chi connectivity index (χ0v) is 15.5. The van der Waals surface area contributed by atoms with Gasteiger partial charge in [-0.1, -0.05) is 18.2 Å². The third-order valence-electron chi connectivity index (χ3n) is 3.86. The van der Waals surface area contributed by atoms with Crippen LogP contribution >= 0.6 is 0 Å². The van der Waals surface area contributed by atoms with Crippen LogP contribution in [0.25, 0.3) is 0 Å². The maximum atomic E-state index is 12.2. The number of rotatable bonds is 7. The van der Waals surface area contributed by atoms with E-state index >= 15 is 0 Å². The summed E-state index contributed by atoms with van der Waals surface area (Å²) in [5.41, 5.74) is 2.39. The van der Waals surface area contributed by atoms with Crippen molar-refractivity contribution in [3.05, 3.63) is 54.1 Å². The normalized spacial score (nSPS) is 11.4. The van der Waals surface area contributed by atoms with Crippen molar-refractivity contribution in [3.8, 4) is 5.75 Å². The lowest BCUT2D eigenvalue weighted by molar-refractivity contribution is -0.152. The predicted octanol–water partition coefficient (Wildman–Crippen LogP) is 2.87. The van der Waals surface area contributed by atoms with Gasteiger partial charge in [0, 0.05) is 31.0 Å². The van der Waals surface area contributed by atoms with Crippen molar-refractivity contribution in [2.75, 3.05) is 31.4 Å². The molecule has 1 atom stereocenters. The van der Waals surface area contributed by atoms with Crippen LogP contribution < -0.4 is 15.0 Å². The quantitative estimate of drug-likeness (QED) is 0.773. The van der Waals surface area contributed by atoms with Crippen molar-refractivity contribution in [3.63, 3.8) is 0 Å². The van der Waals surface area contributed by atoms with Gasteiger partial charge in [0.2, 0.25) is 0 Å². The van der Waals surface area contributed by atoms with Crippen LogP contribution in [-0.2, 0) is 20.7 Å². The number of benzene rings is 2. The van der Waals surface area contributed by atoms with Gasteiger partial charge in [0.15, 0.2) is 6.10 Å². The first kappa shape index (κ1) is 19.3. The first-order valence-corrected chi connectivity index (χ1v) is 8.30. The summed E-state index contributed by atoms with van der Waals surface area (Å²) in [6.07, 6.45) is -0.857. The van der Waals surface area contributed by atoms with E-state index in [1.165, 1.54) is 0 Å². The van der Waals surface area contributed by atoms with Crippen molar-refractivity contribution in [2.45, 2.75) is 19.4 Å². The fraction of sp³-hybridized carbons (Fsp3) is 0.300. The molecule has 0 saturated heterocycles. The number of hydrogen-bond acceptors (Lipinski definition) is 5. The molecule has 0 aliphatic carbocycles. The van der Waals surface area contributed by atoms with E-state index in [4.69, 9.17) is 9.47 Å². The van der Waals surface area contributed by atoms with Crippen LogP contribution in [0.4, 0.5) is 11.4 Å². The van der Waals surface area contributed by atoms with Crippen molar-refractivity contribution in [1.29, 1.82) is 0 Å². The molecule has 0 aromatic heterocycles. The van der Waals surface area contributed by atoms with Crippen LogP contribution in [0.5, 0.6) is 5.75 Å². The minimum absolute atomic E-state index is 0.0408. The largest absolute Gasteiger partial charge is 0.496 e. The average Bonchev–Trinajstić information content (AvgIpc) is 2.62. The molecule has 6 nitrogen and oxygen atoms in total. The molecule has 0 fully saturated rings. The third kappa shape index (κ3) is 5.24. The number of hydrogen-bond donors (Lipinski definition) is 1. The average molecular weight is 356 g/mol. The van der Waals surface area contributed by atoms with E-state index in [2.05, 4.69) is 5.32 Å². The Morgan fingerprint density at radius 3 is 2.35 bits per heavy atom. The van der Waals surface area contributed by atoms with Crippen molar-refractivity contribution >= 4 is 23.3 Å². The summed E-state index contributed by atoms with van der Waals surface area (Å²) < 4.78 is 10.4. The molecular formula is C20H24N2O4. The summed E-state index contributed by atoms with van der Waals surface area (Å²) in [4.78, 5) is 26.3. The Labute approximate surface area is 153 Å². The number of para-hydroxylation sites is 1. The molecule has 0 aliphatic rings. The predicted molar refractivity (Wildman–Crippen MR) is 102 cm³/mol. The highest BCUT2D eigenvalue weighted by Crippen LogP contribution is 2.19. The Balaban J connectivity index is 1.90. The number of nitrogens with zero attached hydrogens (tertiary/aromatic N) is 1. The highest BCUT2D eigenvalue weighted by molar-refractivity contribution is 5.95. The molecule has 26 heavy (non-hydrogen) atoms. The highest BCUT2D eigenvalue weighted by atomic mass is 16.5. The van der Waals surface area contributed by atoms with Crippen LogP contribution in [0.1, 0.15) is 12.5 Å². The van der Waals surface area contributed by atoms with Crippen molar-refractivity contribution in [1.82, 2.24) is 0 Å². The van der Waals surface area contributed by atoms with Gasteiger partial charge in [0.1, 0.15) is 5.75 Å². The van der Waals surface area contributed by atoms with Gasteiger partial charge in [0.05, 0.1) is 13.5 Å². The number of amides is 1. The third-order valence-corrected chi connectivity index (χ3v) is 3.86. The summed E-state index contributed by atoms with van der Waals surface area (Å²) in [5.74, 6) is -0.251. The molecule has 1 amide bonds. The lowest BCUT2D eigenvalue weighted by Gasteiger charge is -2.16. The number of methoxy groups -OCH3 is 1. The molecule has 6 heteroatoms. The lowest BCUT2D eigenvalue weighted by atomic mass is 10.1. The number of esters is 1. The van der Waals surface area contributed by atoms with E-state index in [9.17, 15) is 9.59 Å². The van der Waals surface area contributed by atoms with Crippen LogP contribution in [0, 0.1) is 0 Å². The second-order valence-corrected chi connectivity index (χ2v) is 6.05. The molecule has 0 bridgehead atoms. The molecule has 0 aliphatic heterocycles. The van der Waals surface area contributed by atoms with Crippen molar-refractivity contribution in [2.24, 2.45) is 0 Å². The van der Waals surface area contributed by atoms with Gasteiger partial charge in [-0.05, 0) is 37.3 Å². The van der Waals surface area contributed by atoms with Gasteiger partial charge >= 0.3 is 5.97 Å². The number of carbonyl (C=O) groups is 2. The molecule has 0 radical (unpaired) electrons. The van der Waals surface area contributed by atoms with Gasteiger partial charge in [-0.15, -0.1) is 0 Å². The SMILES string of the molecule is COc1ccccc1CC(=O)OC(C)C(=O)Nc1ccc(N(C)C)cc1. The zero-order valence-electron chi connectivity index (χ0n) is 15.5. The van der Waals surface area contributed by atoms with Gasteiger partial charge in [-0.3, -0.25) is 9.59 Å². The van der Waals surface area contributed by atoms with Crippen LogP contribution in [0.15, 0.2) is 48.5 Å². The Morgan fingerprint density at radius 1 is 1.08 bits per heavy atom. The molecular weight excluding hydrogens is 332 g/mol. The number of carbonyl (C=O) groups excluding carboxylic acids is 2. The minimum Gasteiger partial charge on any atom is -0.496 e. The van der Waals surface area contributed by atoms with Gasteiger partial charge in [0.25, 0.3) is 5.91 Å². The fourth-order valence-electron chi connectivity index (χ4n) is 2.38. The molecule has 1 N–H and O–H groups in total. The highest BCUT2D eigenvalue weighted by Gasteiger charge is 2.19. The van der Waals surface area contributed by atoms with Gasteiger partial charge < -0.3 is 19.7 Å². The Morgan fingerprint density at radius 2 is 1.73 bits per heavy atom. The zero-order chi connectivity index (χ0) is 19.1. The second kappa shape index (κ2) is 8.89. The summed E-state index contributed by atoms with van der Waals surface area (Å²) in [5, 5.41) is 2.74. The summed E-state index contributed by atoms with van der Waals surface area (Å²) >= 11 is 0. The summed E-state index contributed by atoms with van der Waals surface area (Å²) in [7, 11) is 5.43. The molecule has 0 spiro atoms. The maximum Gasteiger partial charge on any atom is 0.311 e. The Kier molecular flexibility index (Phi) is 6.60. The topological polar surface area (TPSA) is 67.9 Å². The molecule has 0 heterocycles. The second-order valence-electron chi connectivity index (χ2n) is 6.05. The first-order chi connectivity index (χ1) is 12.4. The van der Waals surface area contributed by atoms with E-state index in [-0.39, 0.29) is 12.3 Å². The monoisotopic (exact) mass is 356 g/mol. The first-order valence-electron chi connectivity index (χ1n) is 8.30. The maximum absolute atomic E-state index is 12.2.